The number of ether oxygens (including phenoxy) is 2. The van der Waals surface area contributed by atoms with Crippen molar-refractivity contribution >= 4 is 11.9 Å². The molecule has 1 atom stereocenters. The zero-order valence-electron chi connectivity index (χ0n) is 12.4. The Morgan fingerprint density at radius 1 is 1.27 bits per heavy atom. The maximum absolute atomic E-state index is 11.8. The zero-order valence-corrected chi connectivity index (χ0v) is 12.4. The van der Waals surface area contributed by atoms with Crippen molar-refractivity contribution in [2.75, 3.05) is 13.7 Å². The molecule has 0 saturated carbocycles. The summed E-state index contributed by atoms with van der Waals surface area (Å²) in [5.41, 5.74) is 0.365. The van der Waals surface area contributed by atoms with E-state index in [4.69, 9.17) is 9.15 Å². The number of carbonyl (C=O) groups excluding carboxylic acids is 2. The Morgan fingerprint density at radius 2 is 2.09 bits per heavy atom. The highest BCUT2D eigenvalue weighted by atomic mass is 16.5. The Balaban J connectivity index is 1.87. The topological polar surface area (TPSA) is 77.8 Å². The number of methoxy groups -OCH3 is 1. The molecule has 1 aromatic heterocycles. The van der Waals surface area contributed by atoms with Crippen molar-refractivity contribution in [3.8, 4) is 5.75 Å². The Hall–Kier alpha value is -2.76. The van der Waals surface area contributed by atoms with Crippen LogP contribution >= 0.6 is 0 Å². The van der Waals surface area contributed by atoms with Crippen LogP contribution in [0.4, 0.5) is 0 Å². The van der Waals surface area contributed by atoms with Gasteiger partial charge < -0.3 is 19.2 Å². The van der Waals surface area contributed by atoms with E-state index in [2.05, 4.69) is 10.1 Å². The second kappa shape index (κ2) is 7.31. The molecule has 0 spiro atoms. The van der Waals surface area contributed by atoms with E-state index in [0.717, 1.165) is 0 Å². The molecular weight excluding hydrogens is 286 g/mol. The smallest absolute Gasteiger partial charge is 0.337 e. The van der Waals surface area contributed by atoms with Gasteiger partial charge in [0.15, 0.2) is 6.61 Å². The van der Waals surface area contributed by atoms with Crippen LogP contribution in [0.5, 0.6) is 5.75 Å². The molecule has 1 aromatic carbocycles. The fourth-order valence-electron chi connectivity index (χ4n) is 1.87. The van der Waals surface area contributed by atoms with Gasteiger partial charge in [-0.1, -0.05) is 6.07 Å². The number of amides is 1. The van der Waals surface area contributed by atoms with Gasteiger partial charge in [0.25, 0.3) is 5.91 Å². The molecule has 1 heterocycles. The minimum absolute atomic E-state index is 0.157. The van der Waals surface area contributed by atoms with Crippen LogP contribution in [0.15, 0.2) is 47.1 Å². The standard InChI is InChI=1S/C16H17NO5/c1-11(14-7-4-8-21-14)17-15(18)10-22-13-6-3-5-12(9-13)16(19)20-2/h3-9,11H,10H2,1-2H3,(H,17,18)/t11-/m1/s1. The van der Waals surface area contributed by atoms with E-state index in [9.17, 15) is 9.59 Å². The van der Waals surface area contributed by atoms with Crippen molar-refractivity contribution in [1.29, 1.82) is 0 Å². The van der Waals surface area contributed by atoms with Crippen LogP contribution in [-0.4, -0.2) is 25.6 Å². The summed E-state index contributed by atoms with van der Waals surface area (Å²) in [6, 6.07) is 9.75. The van der Waals surface area contributed by atoms with E-state index in [1.807, 2.05) is 6.92 Å². The van der Waals surface area contributed by atoms with Crippen molar-refractivity contribution in [1.82, 2.24) is 5.32 Å². The summed E-state index contributed by atoms with van der Waals surface area (Å²) in [6.07, 6.45) is 1.55. The largest absolute Gasteiger partial charge is 0.484 e. The maximum Gasteiger partial charge on any atom is 0.337 e. The minimum Gasteiger partial charge on any atom is -0.484 e. The van der Waals surface area contributed by atoms with Gasteiger partial charge in [-0.3, -0.25) is 4.79 Å². The summed E-state index contributed by atoms with van der Waals surface area (Å²) in [6.45, 7) is 1.66. The third kappa shape index (κ3) is 4.12. The predicted molar refractivity (Wildman–Crippen MR) is 78.5 cm³/mol. The van der Waals surface area contributed by atoms with E-state index in [1.165, 1.54) is 13.2 Å². The van der Waals surface area contributed by atoms with Crippen molar-refractivity contribution < 1.29 is 23.5 Å². The van der Waals surface area contributed by atoms with E-state index < -0.39 is 5.97 Å². The molecule has 0 aliphatic heterocycles. The summed E-state index contributed by atoms with van der Waals surface area (Å²) in [5, 5.41) is 2.75. The number of hydrogen-bond donors (Lipinski definition) is 1. The molecule has 2 rings (SSSR count). The van der Waals surface area contributed by atoms with Crippen molar-refractivity contribution in [2.24, 2.45) is 0 Å². The Morgan fingerprint density at radius 3 is 2.77 bits per heavy atom. The third-order valence-electron chi connectivity index (χ3n) is 2.97. The quantitative estimate of drug-likeness (QED) is 0.829. The molecule has 0 unspecified atom stereocenters. The lowest BCUT2D eigenvalue weighted by molar-refractivity contribution is -0.123. The molecule has 116 valence electrons. The van der Waals surface area contributed by atoms with E-state index >= 15 is 0 Å². The predicted octanol–water partition coefficient (Wildman–Crippen LogP) is 2.32. The molecular formula is C16H17NO5. The second-order valence-electron chi connectivity index (χ2n) is 4.61. The van der Waals surface area contributed by atoms with Gasteiger partial charge >= 0.3 is 5.97 Å². The maximum atomic E-state index is 11.8. The highest BCUT2D eigenvalue weighted by Crippen LogP contribution is 2.15. The monoisotopic (exact) mass is 303 g/mol. The molecule has 6 nitrogen and oxygen atoms in total. The molecule has 0 aliphatic carbocycles. The molecule has 0 radical (unpaired) electrons. The Kier molecular flexibility index (Phi) is 5.19. The molecule has 0 bridgehead atoms. The lowest BCUT2D eigenvalue weighted by Gasteiger charge is -2.12. The van der Waals surface area contributed by atoms with Crippen molar-refractivity contribution in [2.45, 2.75) is 13.0 Å². The van der Waals surface area contributed by atoms with Crippen LogP contribution in [0.25, 0.3) is 0 Å². The summed E-state index contributed by atoms with van der Waals surface area (Å²) < 4.78 is 15.2. The number of benzene rings is 1. The second-order valence-corrected chi connectivity index (χ2v) is 4.61. The zero-order chi connectivity index (χ0) is 15.9. The van der Waals surface area contributed by atoms with Gasteiger partial charge in [-0.05, 0) is 37.3 Å². The summed E-state index contributed by atoms with van der Waals surface area (Å²) in [5.74, 6) is 0.346. The number of rotatable bonds is 6. The fourth-order valence-corrected chi connectivity index (χ4v) is 1.87. The number of nitrogens with one attached hydrogen (secondary N) is 1. The van der Waals surface area contributed by atoms with Crippen LogP contribution in [0, 0.1) is 0 Å². The van der Waals surface area contributed by atoms with Gasteiger partial charge in [-0.2, -0.15) is 0 Å². The Bertz CT molecular complexity index is 636. The number of carbonyl (C=O) groups is 2. The average molecular weight is 303 g/mol. The van der Waals surface area contributed by atoms with Gasteiger partial charge in [-0.15, -0.1) is 0 Å². The van der Waals surface area contributed by atoms with Crippen molar-refractivity contribution in [3.05, 3.63) is 54.0 Å². The molecule has 0 fully saturated rings. The lowest BCUT2D eigenvalue weighted by atomic mass is 10.2. The normalized spacial score (nSPS) is 11.5. The molecule has 0 saturated heterocycles. The number of hydrogen-bond acceptors (Lipinski definition) is 5. The minimum atomic E-state index is -0.457. The van der Waals surface area contributed by atoms with Crippen LogP contribution < -0.4 is 10.1 Å². The van der Waals surface area contributed by atoms with Crippen LogP contribution in [0.2, 0.25) is 0 Å². The first-order valence-corrected chi connectivity index (χ1v) is 6.74. The summed E-state index contributed by atoms with van der Waals surface area (Å²) >= 11 is 0. The first kappa shape index (κ1) is 15.6. The Labute approximate surface area is 128 Å². The molecule has 22 heavy (non-hydrogen) atoms. The van der Waals surface area contributed by atoms with Gasteiger partial charge in [-0.25, -0.2) is 4.79 Å². The highest BCUT2D eigenvalue weighted by Gasteiger charge is 2.12. The van der Waals surface area contributed by atoms with Crippen molar-refractivity contribution in [3.63, 3.8) is 0 Å². The highest BCUT2D eigenvalue weighted by molar-refractivity contribution is 5.89. The fraction of sp³-hybridized carbons (Fsp3) is 0.250. The van der Waals surface area contributed by atoms with E-state index in [0.29, 0.717) is 17.1 Å². The number of furan rings is 1. The van der Waals surface area contributed by atoms with Gasteiger partial charge in [0, 0.05) is 0 Å². The van der Waals surface area contributed by atoms with Gasteiger partial charge in [0.2, 0.25) is 0 Å². The van der Waals surface area contributed by atoms with Crippen LogP contribution in [0.1, 0.15) is 29.1 Å². The summed E-state index contributed by atoms with van der Waals surface area (Å²) in [7, 11) is 1.30. The molecule has 2 aromatic rings. The third-order valence-corrected chi connectivity index (χ3v) is 2.97. The van der Waals surface area contributed by atoms with Gasteiger partial charge in [0.05, 0.1) is 25.0 Å². The van der Waals surface area contributed by atoms with Crippen LogP contribution in [-0.2, 0) is 9.53 Å². The first-order chi connectivity index (χ1) is 10.6. The molecule has 1 amide bonds. The molecule has 0 aliphatic rings. The average Bonchev–Trinajstić information content (AvgIpc) is 3.07. The van der Waals surface area contributed by atoms with Gasteiger partial charge in [0.1, 0.15) is 11.5 Å². The molecule has 6 heteroatoms. The number of esters is 1. The molecule has 1 N–H and O–H groups in total. The summed E-state index contributed by atoms with van der Waals surface area (Å²) in [4.78, 5) is 23.2. The van der Waals surface area contributed by atoms with Crippen LogP contribution in [0.3, 0.4) is 0 Å². The van der Waals surface area contributed by atoms with E-state index in [1.54, 1.807) is 36.6 Å². The van der Waals surface area contributed by atoms with E-state index in [-0.39, 0.29) is 18.6 Å². The lowest BCUT2D eigenvalue weighted by Crippen LogP contribution is -2.31. The SMILES string of the molecule is COC(=O)c1cccc(OCC(=O)N[C@H](C)c2ccco2)c1. The first-order valence-electron chi connectivity index (χ1n) is 6.74.